The Morgan fingerprint density at radius 1 is 1.37 bits per heavy atom. The minimum atomic E-state index is -0.159. The third-order valence-electron chi connectivity index (χ3n) is 4.20. The van der Waals surface area contributed by atoms with Crippen molar-refractivity contribution in [1.29, 1.82) is 0 Å². The molecule has 2 fully saturated rings. The lowest BCUT2D eigenvalue weighted by atomic mass is 9.99. The fourth-order valence-corrected chi connectivity index (χ4v) is 3.57. The summed E-state index contributed by atoms with van der Waals surface area (Å²) >= 11 is 5.07. The molecule has 1 aromatic heterocycles. The number of piperidine rings is 1. The molecule has 3 rings (SSSR count). The highest BCUT2D eigenvalue weighted by Gasteiger charge is 2.40. The van der Waals surface area contributed by atoms with Gasteiger partial charge >= 0.3 is 0 Å². The molecule has 0 aliphatic carbocycles. The second kappa shape index (κ2) is 4.72. The van der Waals surface area contributed by atoms with E-state index in [2.05, 4.69) is 9.88 Å². The number of fused-ring (bicyclic) bond motifs is 2. The summed E-state index contributed by atoms with van der Waals surface area (Å²) < 4.78 is 0. The Morgan fingerprint density at radius 2 is 2.00 bits per heavy atom. The number of aliphatic hydroxyl groups is 1. The van der Waals surface area contributed by atoms with E-state index in [4.69, 9.17) is 18.0 Å². The summed E-state index contributed by atoms with van der Waals surface area (Å²) in [4.78, 5) is 7.41. The summed E-state index contributed by atoms with van der Waals surface area (Å²) in [6.45, 7) is 1.96. The summed E-state index contributed by atoms with van der Waals surface area (Å²) in [5, 5.41) is 9.86. The Kier molecular flexibility index (Phi) is 3.19. The molecule has 1 aromatic rings. The first kappa shape index (κ1) is 12.8. The van der Waals surface area contributed by atoms with E-state index in [0.717, 1.165) is 42.8 Å². The molecule has 0 amide bonds. The van der Waals surface area contributed by atoms with E-state index in [1.165, 1.54) is 0 Å². The van der Waals surface area contributed by atoms with Crippen LogP contribution < -0.4 is 10.6 Å². The minimum Gasteiger partial charge on any atom is -0.393 e. The van der Waals surface area contributed by atoms with Crippen LogP contribution in [0.2, 0.25) is 0 Å². The molecule has 0 radical (unpaired) electrons. The van der Waals surface area contributed by atoms with Crippen molar-refractivity contribution in [2.45, 2.75) is 50.8 Å². The predicted octanol–water partition coefficient (Wildman–Crippen LogP) is 1.52. The van der Waals surface area contributed by atoms with Crippen LogP contribution in [-0.4, -0.2) is 33.3 Å². The van der Waals surface area contributed by atoms with Gasteiger partial charge in [-0.3, -0.25) is 0 Å². The molecule has 0 aromatic carbocycles. The summed E-state index contributed by atoms with van der Waals surface area (Å²) in [6, 6.07) is 4.72. The zero-order chi connectivity index (χ0) is 13.6. The highest BCUT2D eigenvalue weighted by Crippen LogP contribution is 2.38. The minimum absolute atomic E-state index is 0.159. The Hall–Kier alpha value is -1.20. The molecule has 2 bridgehead atoms. The van der Waals surface area contributed by atoms with Gasteiger partial charge in [0.1, 0.15) is 10.8 Å². The zero-order valence-corrected chi connectivity index (χ0v) is 11.9. The van der Waals surface area contributed by atoms with Gasteiger partial charge in [0.2, 0.25) is 0 Å². The van der Waals surface area contributed by atoms with Gasteiger partial charge < -0.3 is 15.7 Å². The number of rotatable bonds is 2. The first-order valence-electron chi connectivity index (χ1n) is 6.79. The maximum absolute atomic E-state index is 9.86. The molecule has 2 saturated heterocycles. The van der Waals surface area contributed by atoms with E-state index in [0.29, 0.717) is 17.1 Å². The number of aromatic nitrogens is 1. The molecule has 3 N–H and O–H groups in total. The molecular formula is C14H19N3OS. The van der Waals surface area contributed by atoms with Gasteiger partial charge in [0, 0.05) is 23.3 Å². The Bertz CT molecular complexity index is 505. The lowest BCUT2D eigenvalue weighted by Crippen LogP contribution is -2.45. The van der Waals surface area contributed by atoms with Crippen molar-refractivity contribution >= 4 is 23.0 Å². The molecule has 19 heavy (non-hydrogen) atoms. The third-order valence-corrected chi connectivity index (χ3v) is 4.43. The van der Waals surface area contributed by atoms with E-state index in [1.807, 2.05) is 19.1 Å². The second-order valence-corrected chi connectivity index (χ2v) is 6.08. The van der Waals surface area contributed by atoms with Crippen molar-refractivity contribution < 1.29 is 5.11 Å². The van der Waals surface area contributed by atoms with E-state index in [1.54, 1.807) is 0 Å². The summed E-state index contributed by atoms with van der Waals surface area (Å²) in [5.74, 6) is 0.960. The van der Waals surface area contributed by atoms with Crippen molar-refractivity contribution in [2.75, 3.05) is 4.90 Å². The fourth-order valence-electron chi connectivity index (χ4n) is 3.45. The van der Waals surface area contributed by atoms with Gasteiger partial charge in [-0.2, -0.15) is 0 Å². The highest BCUT2D eigenvalue weighted by molar-refractivity contribution is 7.80. The number of anilines is 1. The number of pyridine rings is 1. The lowest BCUT2D eigenvalue weighted by Gasteiger charge is -2.38. The molecule has 2 unspecified atom stereocenters. The average molecular weight is 277 g/mol. The summed E-state index contributed by atoms with van der Waals surface area (Å²) in [5.41, 5.74) is 7.55. The molecule has 3 heterocycles. The molecule has 0 spiro atoms. The average Bonchev–Trinajstić information content (AvgIpc) is 2.61. The molecule has 0 saturated carbocycles. The normalized spacial score (nSPS) is 29.6. The topological polar surface area (TPSA) is 62.4 Å². The van der Waals surface area contributed by atoms with Crippen molar-refractivity contribution in [3.63, 3.8) is 0 Å². The second-order valence-electron chi connectivity index (χ2n) is 5.64. The number of nitrogens with two attached hydrogens (primary N) is 1. The van der Waals surface area contributed by atoms with Gasteiger partial charge in [-0.25, -0.2) is 4.98 Å². The first-order chi connectivity index (χ1) is 9.04. The predicted molar refractivity (Wildman–Crippen MR) is 79.4 cm³/mol. The maximum atomic E-state index is 9.86. The molecule has 5 heteroatoms. The van der Waals surface area contributed by atoms with E-state index in [-0.39, 0.29) is 6.10 Å². The van der Waals surface area contributed by atoms with Crippen LogP contribution >= 0.6 is 12.2 Å². The van der Waals surface area contributed by atoms with Crippen LogP contribution in [0, 0.1) is 6.92 Å². The molecular weight excluding hydrogens is 258 g/mol. The van der Waals surface area contributed by atoms with E-state index >= 15 is 0 Å². The molecule has 2 aliphatic rings. The van der Waals surface area contributed by atoms with Crippen LogP contribution in [0.4, 0.5) is 5.82 Å². The van der Waals surface area contributed by atoms with Gasteiger partial charge in [-0.05, 0) is 44.7 Å². The van der Waals surface area contributed by atoms with Crippen LogP contribution in [-0.2, 0) is 0 Å². The number of hydrogen-bond donors (Lipinski definition) is 2. The van der Waals surface area contributed by atoms with E-state index in [9.17, 15) is 5.11 Å². The van der Waals surface area contributed by atoms with Crippen molar-refractivity contribution in [3.05, 3.63) is 23.4 Å². The smallest absolute Gasteiger partial charge is 0.129 e. The highest BCUT2D eigenvalue weighted by atomic mass is 32.1. The Balaban J connectivity index is 1.96. The third kappa shape index (κ3) is 2.32. The van der Waals surface area contributed by atoms with Crippen molar-refractivity contribution in [3.8, 4) is 0 Å². The molecule has 2 atom stereocenters. The molecule has 2 aliphatic heterocycles. The van der Waals surface area contributed by atoms with E-state index < -0.39 is 0 Å². The largest absolute Gasteiger partial charge is 0.393 e. The van der Waals surface area contributed by atoms with Crippen LogP contribution in [0.3, 0.4) is 0 Å². The SMILES string of the molecule is Cc1cc(C(N)=S)cc(N2C3CCC2CC(O)C3)n1. The summed E-state index contributed by atoms with van der Waals surface area (Å²) in [7, 11) is 0. The number of thiocarbonyl (C=S) groups is 1. The standard InChI is InChI=1S/C14H19N3OS/c1-8-4-9(14(15)19)5-13(16-8)17-10-2-3-11(17)7-12(18)6-10/h4-5,10-12,18H,2-3,6-7H2,1H3,(H2,15,19). The van der Waals surface area contributed by atoms with Crippen molar-refractivity contribution in [2.24, 2.45) is 5.73 Å². The Morgan fingerprint density at radius 3 is 2.58 bits per heavy atom. The van der Waals surface area contributed by atoms with Crippen LogP contribution in [0.15, 0.2) is 12.1 Å². The number of nitrogens with zero attached hydrogens (tertiary/aromatic N) is 2. The van der Waals surface area contributed by atoms with Gasteiger partial charge in [0.25, 0.3) is 0 Å². The van der Waals surface area contributed by atoms with Crippen LogP contribution in [0.1, 0.15) is 36.9 Å². The first-order valence-corrected chi connectivity index (χ1v) is 7.20. The lowest BCUT2D eigenvalue weighted by molar-refractivity contribution is 0.126. The maximum Gasteiger partial charge on any atom is 0.129 e. The monoisotopic (exact) mass is 277 g/mol. The van der Waals surface area contributed by atoms with Gasteiger partial charge in [0.05, 0.1) is 6.10 Å². The molecule has 102 valence electrons. The number of aliphatic hydroxyl groups excluding tert-OH is 1. The van der Waals surface area contributed by atoms with Crippen molar-refractivity contribution in [1.82, 2.24) is 4.98 Å². The van der Waals surface area contributed by atoms with Gasteiger partial charge in [-0.1, -0.05) is 12.2 Å². The number of aryl methyl sites for hydroxylation is 1. The number of hydrogen-bond acceptors (Lipinski definition) is 4. The van der Waals surface area contributed by atoms with Crippen LogP contribution in [0.25, 0.3) is 0 Å². The fraction of sp³-hybridized carbons (Fsp3) is 0.571. The van der Waals surface area contributed by atoms with Gasteiger partial charge in [0.15, 0.2) is 0 Å². The van der Waals surface area contributed by atoms with Gasteiger partial charge in [-0.15, -0.1) is 0 Å². The zero-order valence-electron chi connectivity index (χ0n) is 11.0. The summed E-state index contributed by atoms with van der Waals surface area (Å²) in [6.07, 6.45) is 3.80. The van der Waals surface area contributed by atoms with Crippen LogP contribution in [0.5, 0.6) is 0 Å². The quantitative estimate of drug-likeness (QED) is 0.803. The molecule has 4 nitrogen and oxygen atoms in total. The Labute approximate surface area is 118 Å².